The van der Waals surface area contributed by atoms with Crippen molar-refractivity contribution in [3.05, 3.63) is 71.8 Å². The summed E-state index contributed by atoms with van der Waals surface area (Å²) >= 11 is 0. The van der Waals surface area contributed by atoms with Crippen LogP contribution in [0.4, 0.5) is 5.82 Å². The molecule has 0 fully saturated rings. The fourth-order valence-corrected chi connectivity index (χ4v) is 2.42. The van der Waals surface area contributed by atoms with Gasteiger partial charge < -0.3 is 16.4 Å². The molecule has 3 rings (SSSR count). The first-order valence-electron chi connectivity index (χ1n) is 8.21. The summed E-state index contributed by atoms with van der Waals surface area (Å²) in [4.78, 5) is 36.7. The van der Waals surface area contributed by atoms with E-state index in [2.05, 4.69) is 25.6 Å². The molecule has 136 valence electrons. The molecule has 0 saturated heterocycles. The number of benzene rings is 1. The number of aromatic nitrogens is 3. The normalized spacial score (nSPS) is 10.3. The summed E-state index contributed by atoms with van der Waals surface area (Å²) < 4.78 is 0. The number of carbonyl (C=O) groups is 2. The van der Waals surface area contributed by atoms with E-state index in [9.17, 15) is 9.59 Å². The maximum atomic E-state index is 12.4. The van der Waals surface area contributed by atoms with Crippen molar-refractivity contribution in [1.29, 1.82) is 0 Å². The number of carbonyl (C=O) groups excluding carboxylic acids is 2. The highest BCUT2D eigenvalue weighted by atomic mass is 16.2. The van der Waals surface area contributed by atoms with Gasteiger partial charge in [0.1, 0.15) is 0 Å². The Balaban J connectivity index is 1.81. The van der Waals surface area contributed by atoms with E-state index in [0.717, 1.165) is 5.69 Å². The van der Waals surface area contributed by atoms with E-state index >= 15 is 0 Å². The van der Waals surface area contributed by atoms with Crippen LogP contribution in [0.2, 0.25) is 0 Å². The quantitative estimate of drug-likeness (QED) is 0.631. The summed E-state index contributed by atoms with van der Waals surface area (Å²) in [7, 11) is 1.49. The van der Waals surface area contributed by atoms with Crippen LogP contribution in [0.1, 0.15) is 26.5 Å². The Labute approximate surface area is 155 Å². The minimum absolute atomic E-state index is 0.0417. The van der Waals surface area contributed by atoms with Gasteiger partial charge in [-0.1, -0.05) is 18.2 Å². The Morgan fingerprint density at radius 2 is 1.93 bits per heavy atom. The van der Waals surface area contributed by atoms with Crippen molar-refractivity contribution in [1.82, 2.24) is 25.6 Å². The van der Waals surface area contributed by atoms with Gasteiger partial charge in [0.2, 0.25) is 0 Å². The first kappa shape index (κ1) is 18.0. The number of hydrogen-bond acceptors (Lipinski definition) is 6. The van der Waals surface area contributed by atoms with Gasteiger partial charge in [-0.25, -0.2) is 9.97 Å². The molecule has 0 atom stereocenters. The topological polar surface area (TPSA) is 123 Å². The van der Waals surface area contributed by atoms with E-state index < -0.39 is 5.91 Å². The maximum absolute atomic E-state index is 12.4. The van der Waals surface area contributed by atoms with Gasteiger partial charge in [0, 0.05) is 24.4 Å². The number of nitrogens with one attached hydrogen (secondary N) is 2. The largest absolute Gasteiger partial charge is 0.382 e. The summed E-state index contributed by atoms with van der Waals surface area (Å²) in [5.41, 5.74) is 8.08. The van der Waals surface area contributed by atoms with Crippen LogP contribution >= 0.6 is 0 Å². The zero-order valence-electron chi connectivity index (χ0n) is 14.6. The molecule has 8 nitrogen and oxygen atoms in total. The van der Waals surface area contributed by atoms with Gasteiger partial charge in [0.05, 0.1) is 24.1 Å². The van der Waals surface area contributed by atoms with Crippen molar-refractivity contribution in [2.45, 2.75) is 6.54 Å². The molecule has 8 heteroatoms. The fourth-order valence-electron chi connectivity index (χ4n) is 2.42. The van der Waals surface area contributed by atoms with E-state index in [0.29, 0.717) is 23.4 Å². The molecule has 2 aromatic heterocycles. The molecule has 4 N–H and O–H groups in total. The van der Waals surface area contributed by atoms with E-state index in [4.69, 9.17) is 5.73 Å². The van der Waals surface area contributed by atoms with Crippen LogP contribution in [-0.4, -0.2) is 33.8 Å². The van der Waals surface area contributed by atoms with Crippen molar-refractivity contribution in [3.8, 4) is 11.3 Å². The van der Waals surface area contributed by atoms with Crippen LogP contribution in [0.15, 0.2) is 54.9 Å². The summed E-state index contributed by atoms with van der Waals surface area (Å²) in [6.07, 6.45) is 3.14. The van der Waals surface area contributed by atoms with Crippen molar-refractivity contribution >= 4 is 17.6 Å². The van der Waals surface area contributed by atoms with Gasteiger partial charge in [0.15, 0.2) is 11.5 Å². The van der Waals surface area contributed by atoms with Crippen molar-refractivity contribution in [3.63, 3.8) is 0 Å². The second-order valence-corrected chi connectivity index (χ2v) is 5.65. The Hall–Kier alpha value is -3.81. The van der Waals surface area contributed by atoms with Crippen LogP contribution in [0.25, 0.3) is 11.3 Å². The van der Waals surface area contributed by atoms with E-state index in [1.807, 2.05) is 18.2 Å². The summed E-state index contributed by atoms with van der Waals surface area (Å²) in [5, 5.41) is 5.29. The molecule has 2 heterocycles. The highest BCUT2D eigenvalue weighted by Gasteiger charge is 2.14. The number of anilines is 1. The lowest BCUT2D eigenvalue weighted by Gasteiger charge is -2.08. The molecule has 0 spiro atoms. The molecular formula is C19H18N6O2. The fraction of sp³-hybridized carbons (Fsp3) is 0.105. The molecule has 1 aromatic carbocycles. The molecular weight excluding hydrogens is 344 g/mol. The van der Waals surface area contributed by atoms with Crippen LogP contribution in [-0.2, 0) is 6.54 Å². The lowest BCUT2D eigenvalue weighted by atomic mass is 10.1. The maximum Gasteiger partial charge on any atom is 0.273 e. The predicted molar refractivity (Wildman–Crippen MR) is 101 cm³/mol. The number of pyridine rings is 1. The van der Waals surface area contributed by atoms with Crippen molar-refractivity contribution in [2.75, 3.05) is 12.8 Å². The standard InChI is InChI=1S/C19H18N6O2/c1-21-19(27)16-17(20)23-11-15(25-16)12-5-4-6-13(9-12)18(26)24-10-14-7-2-3-8-22-14/h2-9,11H,10H2,1H3,(H2,20,23)(H,21,27)(H,24,26). The Morgan fingerprint density at radius 3 is 2.67 bits per heavy atom. The van der Waals surface area contributed by atoms with E-state index in [-0.39, 0.29) is 17.4 Å². The predicted octanol–water partition coefficient (Wildman–Crippen LogP) is 1.41. The lowest BCUT2D eigenvalue weighted by molar-refractivity contribution is 0.0945. The number of amides is 2. The third kappa shape index (κ3) is 4.24. The van der Waals surface area contributed by atoms with Gasteiger partial charge in [-0.15, -0.1) is 0 Å². The Kier molecular flexibility index (Phi) is 5.36. The minimum Gasteiger partial charge on any atom is -0.382 e. The molecule has 0 unspecified atom stereocenters. The molecule has 0 aliphatic rings. The first-order chi connectivity index (χ1) is 13.1. The summed E-state index contributed by atoms with van der Waals surface area (Å²) in [5.74, 6) is -0.620. The highest BCUT2D eigenvalue weighted by molar-refractivity contribution is 5.97. The number of nitrogens with zero attached hydrogens (tertiary/aromatic N) is 3. The van der Waals surface area contributed by atoms with E-state index in [1.165, 1.54) is 13.2 Å². The molecule has 3 aromatic rings. The van der Waals surface area contributed by atoms with Gasteiger partial charge in [-0.3, -0.25) is 14.6 Å². The van der Waals surface area contributed by atoms with Crippen molar-refractivity contribution in [2.24, 2.45) is 0 Å². The Bertz CT molecular complexity index is 975. The molecule has 0 aliphatic heterocycles. The van der Waals surface area contributed by atoms with Crippen LogP contribution in [0.5, 0.6) is 0 Å². The average molecular weight is 362 g/mol. The van der Waals surface area contributed by atoms with Crippen molar-refractivity contribution < 1.29 is 9.59 Å². The van der Waals surface area contributed by atoms with Gasteiger partial charge in [0.25, 0.3) is 11.8 Å². The summed E-state index contributed by atoms with van der Waals surface area (Å²) in [6.45, 7) is 0.326. The number of rotatable bonds is 5. The smallest absolute Gasteiger partial charge is 0.273 e. The van der Waals surface area contributed by atoms with Crippen LogP contribution in [0.3, 0.4) is 0 Å². The minimum atomic E-state index is -0.425. The van der Waals surface area contributed by atoms with Gasteiger partial charge in [-0.2, -0.15) is 0 Å². The molecule has 2 amide bonds. The molecule has 0 saturated carbocycles. The third-order valence-corrected chi connectivity index (χ3v) is 3.82. The highest BCUT2D eigenvalue weighted by Crippen LogP contribution is 2.20. The van der Waals surface area contributed by atoms with Gasteiger partial charge in [-0.05, 0) is 24.3 Å². The van der Waals surface area contributed by atoms with E-state index in [1.54, 1.807) is 30.5 Å². The lowest BCUT2D eigenvalue weighted by Crippen LogP contribution is -2.23. The second-order valence-electron chi connectivity index (χ2n) is 5.65. The second kappa shape index (κ2) is 8.05. The number of hydrogen-bond donors (Lipinski definition) is 3. The number of nitrogen functional groups attached to an aromatic ring is 1. The van der Waals surface area contributed by atoms with Gasteiger partial charge >= 0.3 is 0 Å². The molecule has 27 heavy (non-hydrogen) atoms. The number of nitrogens with two attached hydrogens (primary N) is 1. The average Bonchev–Trinajstić information content (AvgIpc) is 2.72. The zero-order valence-corrected chi connectivity index (χ0v) is 14.6. The molecule has 0 bridgehead atoms. The first-order valence-corrected chi connectivity index (χ1v) is 8.21. The SMILES string of the molecule is CNC(=O)c1nc(-c2cccc(C(=O)NCc3ccccn3)c2)cnc1N. The monoisotopic (exact) mass is 362 g/mol. The molecule has 0 radical (unpaired) electrons. The molecule has 0 aliphatic carbocycles. The third-order valence-electron chi connectivity index (χ3n) is 3.82. The Morgan fingerprint density at radius 1 is 1.07 bits per heavy atom. The zero-order chi connectivity index (χ0) is 19.2. The summed E-state index contributed by atoms with van der Waals surface area (Å²) in [6, 6.07) is 12.4. The van der Waals surface area contributed by atoms with Crippen LogP contribution in [0, 0.1) is 0 Å². The van der Waals surface area contributed by atoms with Crippen LogP contribution < -0.4 is 16.4 Å².